The molecular formula is C14H9Cl2N3O3S. The van der Waals surface area contributed by atoms with Crippen molar-refractivity contribution < 1.29 is 13.6 Å². The van der Waals surface area contributed by atoms with E-state index in [1.165, 1.54) is 6.26 Å². The Morgan fingerprint density at radius 1 is 1.22 bits per heavy atom. The summed E-state index contributed by atoms with van der Waals surface area (Å²) in [6, 6.07) is 8.23. The Balaban J connectivity index is 1.57. The number of anilines is 1. The molecule has 118 valence electrons. The normalized spacial score (nSPS) is 10.7. The molecule has 0 radical (unpaired) electrons. The zero-order valence-corrected chi connectivity index (χ0v) is 13.8. The average Bonchev–Trinajstić information content (AvgIpc) is 3.15. The highest BCUT2D eigenvalue weighted by molar-refractivity contribution is 7.99. The highest BCUT2D eigenvalue weighted by atomic mass is 35.5. The van der Waals surface area contributed by atoms with Gasteiger partial charge < -0.3 is 14.2 Å². The lowest BCUT2D eigenvalue weighted by Gasteiger charge is -2.05. The standard InChI is InChI=1S/C14H9Cl2N3O3S/c15-8-4-9(16)6-10(5-8)17-12(20)7-23-14-19-18-13(22-14)11-2-1-3-21-11/h1-6H,7H2,(H,17,20). The third-order valence-corrected chi connectivity index (χ3v) is 3.87. The third-order valence-electron chi connectivity index (χ3n) is 2.61. The van der Waals surface area contributed by atoms with Gasteiger partial charge in [0.1, 0.15) is 0 Å². The van der Waals surface area contributed by atoms with Gasteiger partial charge in [0.05, 0.1) is 12.0 Å². The van der Waals surface area contributed by atoms with Crippen LogP contribution in [0.3, 0.4) is 0 Å². The van der Waals surface area contributed by atoms with Gasteiger partial charge in [0.2, 0.25) is 5.91 Å². The van der Waals surface area contributed by atoms with Crippen LogP contribution < -0.4 is 5.32 Å². The Hall–Kier alpha value is -1.96. The maximum absolute atomic E-state index is 11.9. The molecule has 0 atom stereocenters. The zero-order chi connectivity index (χ0) is 16.2. The molecule has 9 heteroatoms. The van der Waals surface area contributed by atoms with Crippen LogP contribution in [-0.2, 0) is 4.79 Å². The summed E-state index contributed by atoms with van der Waals surface area (Å²) in [4.78, 5) is 11.9. The first kappa shape index (κ1) is 15.9. The van der Waals surface area contributed by atoms with Crippen molar-refractivity contribution in [3.05, 3.63) is 46.6 Å². The molecule has 23 heavy (non-hydrogen) atoms. The number of benzene rings is 1. The van der Waals surface area contributed by atoms with Gasteiger partial charge in [0, 0.05) is 15.7 Å². The smallest absolute Gasteiger partial charge is 0.284 e. The van der Waals surface area contributed by atoms with Crippen molar-refractivity contribution in [3.8, 4) is 11.7 Å². The number of carbonyl (C=O) groups is 1. The number of aromatic nitrogens is 2. The lowest BCUT2D eigenvalue weighted by Crippen LogP contribution is -2.13. The zero-order valence-electron chi connectivity index (χ0n) is 11.5. The number of hydrogen-bond acceptors (Lipinski definition) is 6. The van der Waals surface area contributed by atoms with Crippen molar-refractivity contribution in [1.29, 1.82) is 0 Å². The van der Waals surface area contributed by atoms with Crippen molar-refractivity contribution in [2.75, 3.05) is 11.1 Å². The molecular weight excluding hydrogens is 361 g/mol. The fourth-order valence-electron chi connectivity index (χ4n) is 1.72. The summed E-state index contributed by atoms with van der Waals surface area (Å²) in [5.74, 6) is 0.595. The maximum atomic E-state index is 11.9. The van der Waals surface area contributed by atoms with Crippen molar-refractivity contribution in [2.24, 2.45) is 0 Å². The van der Waals surface area contributed by atoms with E-state index in [9.17, 15) is 4.79 Å². The van der Waals surface area contributed by atoms with Gasteiger partial charge in [0.15, 0.2) is 5.76 Å². The predicted octanol–water partition coefficient (Wildman–Crippen LogP) is 4.37. The van der Waals surface area contributed by atoms with E-state index in [1.807, 2.05) is 0 Å². The van der Waals surface area contributed by atoms with Crippen molar-refractivity contribution in [2.45, 2.75) is 5.22 Å². The minimum absolute atomic E-state index is 0.101. The predicted molar refractivity (Wildman–Crippen MR) is 87.8 cm³/mol. The summed E-state index contributed by atoms with van der Waals surface area (Å²) >= 11 is 12.9. The molecule has 2 heterocycles. The molecule has 0 aliphatic rings. The monoisotopic (exact) mass is 369 g/mol. The van der Waals surface area contributed by atoms with Crippen LogP contribution >= 0.6 is 35.0 Å². The molecule has 0 saturated carbocycles. The van der Waals surface area contributed by atoms with Crippen LogP contribution in [0.15, 0.2) is 50.7 Å². The van der Waals surface area contributed by atoms with E-state index < -0.39 is 0 Å². The topological polar surface area (TPSA) is 81.2 Å². The summed E-state index contributed by atoms with van der Waals surface area (Å²) in [7, 11) is 0. The first-order valence-electron chi connectivity index (χ1n) is 6.36. The van der Waals surface area contributed by atoms with Gasteiger partial charge in [0.25, 0.3) is 11.1 Å². The van der Waals surface area contributed by atoms with Gasteiger partial charge in [-0.3, -0.25) is 4.79 Å². The van der Waals surface area contributed by atoms with E-state index in [1.54, 1.807) is 30.3 Å². The number of nitrogens with zero attached hydrogens (tertiary/aromatic N) is 2. The fourth-order valence-corrected chi connectivity index (χ4v) is 2.81. The Morgan fingerprint density at radius 2 is 2.00 bits per heavy atom. The molecule has 0 spiro atoms. The minimum atomic E-state index is -0.244. The van der Waals surface area contributed by atoms with E-state index in [-0.39, 0.29) is 22.8 Å². The fraction of sp³-hybridized carbons (Fsp3) is 0.0714. The van der Waals surface area contributed by atoms with Crippen molar-refractivity contribution >= 4 is 46.6 Å². The summed E-state index contributed by atoms with van der Waals surface area (Å²) in [6.45, 7) is 0. The molecule has 1 N–H and O–H groups in total. The van der Waals surface area contributed by atoms with E-state index in [2.05, 4.69) is 15.5 Å². The molecule has 0 bridgehead atoms. The molecule has 0 aliphatic heterocycles. The van der Waals surface area contributed by atoms with E-state index >= 15 is 0 Å². The minimum Gasteiger partial charge on any atom is -0.459 e. The number of furan rings is 1. The molecule has 1 aromatic carbocycles. The van der Waals surface area contributed by atoms with Crippen LogP contribution in [0.2, 0.25) is 10.0 Å². The number of halogens is 2. The summed E-state index contributed by atoms with van der Waals surface area (Å²) in [5.41, 5.74) is 0.523. The van der Waals surface area contributed by atoms with Gasteiger partial charge in [-0.25, -0.2) is 0 Å². The number of carbonyl (C=O) groups excluding carboxylic acids is 1. The summed E-state index contributed by atoms with van der Waals surface area (Å²) in [5, 5.41) is 11.5. The van der Waals surface area contributed by atoms with Crippen LogP contribution in [0.25, 0.3) is 11.7 Å². The first-order chi connectivity index (χ1) is 11.1. The number of amides is 1. The van der Waals surface area contributed by atoms with Gasteiger partial charge in [-0.15, -0.1) is 10.2 Å². The van der Waals surface area contributed by atoms with Crippen molar-refractivity contribution in [1.82, 2.24) is 10.2 Å². The SMILES string of the molecule is O=C(CSc1nnc(-c2ccco2)o1)Nc1cc(Cl)cc(Cl)c1. The van der Waals surface area contributed by atoms with E-state index in [0.717, 1.165) is 11.8 Å². The van der Waals surface area contributed by atoms with E-state index in [4.69, 9.17) is 32.0 Å². The maximum Gasteiger partial charge on any atom is 0.284 e. The number of thioether (sulfide) groups is 1. The lowest BCUT2D eigenvalue weighted by molar-refractivity contribution is -0.113. The van der Waals surface area contributed by atoms with E-state index in [0.29, 0.717) is 21.5 Å². The molecule has 6 nitrogen and oxygen atoms in total. The molecule has 0 aliphatic carbocycles. The van der Waals surface area contributed by atoms with Crippen LogP contribution in [0.4, 0.5) is 5.69 Å². The van der Waals surface area contributed by atoms with Gasteiger partial charge in [-0.1, -0.05) is 35.0 Å². The quantitative estimate of drug-likeness (QED) is 0.672. The van der Waals surface area contributed by atoms with Crippen molar-refractivity contribution in [3.63, 3.8) is 0 Å². The van der Waals surface area contributed by atoms with Crippen LogP contribution in [-0.4, -0.2) is 21.9 Å². The van der Waals surface area contributed by atoms with Gasteiger partial charge in [-0.05, 0) is 30.3 Å². The molecule has 3 aromatic rings. The summed E-state index contributed by atoms with van der Waals surface area (Å²) < 4.78 is 10.5. The van der Waals surface area contributed by atoms with Crippen LogP contribution in [0.5, 0.6) is 0 Å². The lowest BCUT2D eigenvalue weighted by atomic mass is 10.3. The molecule has 3 rings (SSSR count). The Bertz CT molecular complexity index is 800. The second-order valence-corrected chi connectivity index (χ2v) is 6.14. The first-order valence-corrected chi connectivity index (χ1v) is 8.10. The number of rotatable bonds is 5. The largest absolute Gasteiger partial charge is 0.459 e. The summed E-state index contributed by atoms with van der Waals surface area (Å²) in [6.07, 6.45) is 1.51. The Kier molecular flexibility index (Phi) is 4.90. The van der Waals surface area contributed by atoms with Gasteiger partial charge >= 0.3 is 0 Å². The van der Waals surface area contributed by atoms with Gasteiger partial charge in [-0.2, -0.15) is 0 Å². The van der Waals surface area contributed by atoms with Crippen LogP contribution in [0, 0.1) is 0 Å². The number of hydrogen-bond donors (Lipinski definition) is 1. The second kappa shape index (κ2) is 7.08. The second-order valence-electron chi connectivity index (χ2n) is 4.35. The average molecular weight is 370 g/mol. The number of nitrogens with one attached hydrogen (secondary N) is 1. The highest BCUT2D eigenvalue weighted by Crippen LogP contribution is 2.25. The highest BCUT2D eigenvalue weighted by Gasteiger charge is 2.13. The third kappa shape index (κ3) is 4.28. The molecule has 1 amide bonds. The molecule has 0 fully saturated rings. The Labute approximate surface area is 145 Å². The molecule has 0 unspecified atom stereocenters. The Morgan fingerprint density at radius 3 is 2.70 bits per heavy atom. The molecule has 0 saturated heterocycles. The van der Waals surface area contributed by atoms with Crippen LogP contribution in [0.1, 0.15) is 0 Å². The molecule has 2 aromatic heterocycles.